The molecule has 19 heavy (non-hydrogen) atoms. The maximum absolute atomic E-state index is 11.5. The van der Waals surface area contributed by atoms with E-state index in [-0.39, 0.29) is 13.0 Å². The second-order valence-corrected chi connectivity index (χ2v) is 5.25. The summed E-state index contributed by atoms with van der Waals surface area (Å²) in [6.45, 7) is 2.31. The first-order valence-electron chi connectivity index (χ1n) is 6.62. The number of fused-ring (bicyclic) bond motifs is 1. The number of aliphatic hydroxyl groups is 4. The molecule has 0 bridgehead atoms. The Hall–Kier alpha value is -0.730. The van der Waals surface area contributed by atoms with E-state index in [0.717, 1.165) is 0 Å². The van der Waals surface area contributed by atoms with Crippen molar-refractivity contribution < 1.29 is 30.0 Å². The van der Waals surface area contributed by atoms with E-state index in [1.54, 1.807) is 0 Å². The van der Waals surface area contributed by atoms with E-state index in [4.69, 9.17) is 4.74 Å². The van der Waals surface area contributed by atoms with Gasteiger partial charge in [0.05, 0.1) is 0 Å². The molecule has 0 unspecified atom stereocenters. The summed E-state index contributed by atoms with van der Waals surface area (Å²) in [7, 11) is 0. The van der Waals surface area contributed by atoms with E-state index in [1.807, 2.05) is 6.92 Å². The van der Waals surface area contributed by atoms with Crippen LogP contribution in [0, 0.1) is 0 Å². The molecule has 7 nitrogen and oxygen atoms in total. The second-order valence-electron chi connectivity index (χ2n) is 5.25. The number of aliphatic hydroxyl groups excluding tert-OH is 3. The largest absolute Gasteiger partial charge is 0.458 e. The van der Waals surface area contributed by atoms with Gasteiger partial charge >= 0.3 is 5.97 Å². The molecule has 0 aliphatic carbocycles. The smallest absolute Gasteiger partial charge is 0.306 e. The van der Waals surface area contributed by atoms with Gasteiger partial charge in [0.25, 0.3) is 0 Å². The summed E-state index contributed by atoms with van der Waals surface area (Å²) < 4.78 is 5.12. The van der Waals surface area contributed by atoms with Crippen LogP contribution in [0.15, 0.2) is 0 Å². The van der Waals surface area contributed by atoms with Crippen molar-refractivity contribution in [3.05, 3.63) is 0 Å². The topological polar surface area (TPSA) is 110 Å². The van der Waals surface area contributed by atoms with Crippen LogP contribution in [0.2, 0.25) is 0 Å². The molecule has 0 saturated carbocycles. The third-order valence-electron chi connectivity index (χ3n) is 3.95. The van der Waals surface area contributed by atoms with Gasteiger partial charge in [-0.25, -0.2) is 0 Å². The lowest BCUT2D eigenvalue weighted by atomic mass is 9.89. The fourth-order valence-electron chi connectivity index (χ4n) is 2.82. The van der Waals surface area contributed by atoms with Crippen LogP contribution in [-0.2, 0) is 9.53 Å². The van der Waals surface area contributed by atoms with Crippen LogP contribution < -0.4 is 0 Å². The van der Waals surface area contributed by atoms with E-state index >= 15 is 0 Å². The Morgan fingerprint density at radius 1 is 1.42 bits per heavy atom. The van der Waals surface area contributed by atoms with Crippen LogP contribution in [0.3, 0.4) is 0 Å². The van der Waals surface area contributed by atoms with Gasteiger partial charge in [0.1, 0.15) is 24.4 Å². The molecule has 0 aromatic carbocycles. The van der Waals surface area contributed by atoms with E-state index in [9.17, 15) is 25.2 Å². The number of nitrogens with zero attached hydrogens (tertiary/aromatic N) is 1. The van der Waals surface area contributed by atoms with Crippen LogP contribution in [0.4, 0.5) is 0 Å². The molecule has 2 fully saturated rings. The number of esters is 1. The van der Waals surface area contributed by atoms with Crippen molar-refractivity contribution in [3.8, 4) is 0 Å². The summed E-state index contributed by atoms with van der Waals surface area (Å²) in [6, 6.07) is 0. The lowest BCUT2D eigenvalue weighted by Crippen LogP contribution is -2.70. The lowest BCUT2D eigenvalue weighted by Gasteiger charge is -2.48. The van der Waals surface area contributed by atoms with E-state index < -0.39 is 36.1 Å². The highest BCUT2D eigenvalue weighted by Crippen LogP contribution is 2.37. The molecule has 0 aromatic heterocycles. The van der Waals surface area contributed by atoms with Gasteiger partial charge in [-0.3, -0.25) is 9.69 Å². The number of hydrogen-bond acceptors (Lipinski definition) is 7. The third-order valence-corrected chi connectivity index (χ3v) is 3.95. The Morgan fingerprint density at radius 2 is 2.11 bits per heavy atom. The monoisotopic (exact) mass is 275 g/mol. The van der Waals surface area contributed by atoms with Crippen LogP contribution in [0.25, 0.3) is 0 Å². The zero-order valence-corrected chi connectivity index (χ0v) is 10.9. The van der Waals surface area contributed by atoms with Crippen molar-refractivity contribution in [3.63, 3.8) is 0 Å². The maximum Gasteiger partial charge on any atom is 0.306 e. The predicted molar refractivity (Wildman–Crippen MR) is 63.9 cm³/mol. The summed E-state index contributed by atoms with van der Waals surface area (Å²) in [5, 5.41) is 40.0. The maximum atomic E-state index is 11.5. The van der Waals surface area contributed by atoms with Crippen molar-refractivity contribution >= 4 is 5.97 Å². The first kappa shape index (κ1) is 14.7. The first-order chi connectivity index (χ1) is 8.91. The highest BCUT2D eigenvalue weighted by Gasteiger charge is 2.59. The van der Waals surface area contributed by atoms with Crippen molar-refractivity contribution in [2.24, 2.45) is 0 Å². The molecule has 4 N–H and O–H groups in total. The predicted octanol–water partition coefficient (Wildman–Crippen LogP) is -1.81. The fourth-order valence-corrected chi connectivity index (χ4v) is 2.82. The van der Waals surface area contributed by atoms with Gasteiger partial charge in [0.2, 0.25) is 0 Å². The highest BCUT2D eigenvalue weighted by molar-refractivity contribution is 5.69. The SMILES string of the molecule is CCCC(=O)O[C@H]1CN2CC[C@H](O)[C@]2(O)[C@@H](O)[C@@H]1O. The normalized spacial score (nSPS) is 43.0. The van der Waals surface area contributed by atoms with Gasteiger partial charge in [0.15, 0.2) is 5.72 Å². The van der Waals surface area contributed by atoms with E-state index in [0.29, 0.717) is 19.4 Å². The van der Waals surface area contributed by atoms with Gasteiger partial charge in [0, 0.05) is 19.5 Å². The van der Waals surface area contributed by atoms with Crippen molar-refractivity contribution in [1.29, 1.82) is 0 Å². The number of hydrogen-bond donors (Lipinski definition) is 4. The number of rotatable bonds is 3. The van der Waals surface area contributed by atoms with E-state index in [2.05, 4.69) is 0 Å². The second kappa shape index (κ2) is 5.34. The summed E-state index contributed by atoms with van der Waals surface area (Å²) in [6.07, 6.45) is -3.81. The van der Waals surface area contributed by atoms with Crippen LogP contribution in [0.1, 0.15) is 26.2 Å². The highest BCUT2D eigenvalue weighted by atomic mass is 16.6. The van der Waals surface area contributed by atoms with E-state index in [1.165, 1.54) is 4.90 Å². The Bertz CT molecular complexity index is 351. The molecule has 2 saturated heterocycles. The Morgan fingerprint density at radius 3 is 2.74 bits per heavy atom. The molecule has 5 atom stereocenters. The van der Waals surface area contributed by atoms with Gasteiger partial charge in [-0.15, -0.1) is 0 Å². The summed E-state index contributed by atoms with van der Waals surface area (Å²) in [5.41, 5.74) is -1.85. The molecule has 2 aliphatic rings. The standard InChI is InChI=1S/C12H21NO6/c1-2-3-9(15)19-7-6-13-5-4-8(14)12(13,18)11(17)10(7)16/h7-8,10-11,14,16-18H,2-6H2,1H3/t7-,8-,10+,11-,12-/m0/s1. The Kier molecular flexibility index (Phi) is 4.12. The molecule has 110 valence electrons. The molecule has 0 radical (unpaired) electrons. The minimum absolute atomic E-state index is 0.0985. The average molecular weight is 275 g/mol. The summed E-state index contributed by atoms with van der Waals surface area (Å²) in [4.78, 5) is 12.9. The van der Waals surface area contributed by atoms with Crippen LogP contribution >= 0.6 is 0 Å². The molecule has 0 amide bonds. The molecular weight excluding hydrogens is 254 g/mol. The van der Waals surface area contributed by atoms with Crippen molar-refractivity contribution in [2.45, 2.75) is 56.3 Å². The molecule has 7 heteroatoms. The number of ether oxygens (including phenoxy) is 1. The Labute approximate surface area is 111 Å². The molecular formula is C12H21NO6. The molecule has 0 aromatic rings. The van der Waals surface area contributed by atoms with Crippen molar-refractivity contribution in [1.82, 2.24) is 4.90 Å². The molecule has 2 heterocycles. The van der Waals surface area contributed by atoms with Gasteiger partial charge in [-0.05, 0) is 12.8 Å². The molecule has 2 rings (SSSR count). The summed E-state index contributed by atoms with van der Waals surface area (Å²) >= 11 is 0. The Balaban J connectivity index is 2.09. The zero-order valence-electron chi connectivity index (χ0n) is 10.9. The number of carbonyl (C=O) groups excluding carboxylic acids is 1. The van der Waals surface area contributed by atoms with Gasteiger partial charge in [-0.1, -0.05) is 6.92 Å². The lowest BCUT2D eigenvalue weighted by molar-refractivity contribution is -0.270. The minimum atomic E-state index is -1.85. The van der Waals surface area contributed by atoms with Crippen LogP contribution in [0.5, 0.6) is 0 Å². The fraction of sp³-hybridized carbons (Fsp3) is 0.917. The summed E-state index contributed by atoms with van der Waals surface area (Å²) in [5.74, 6) is -0.441. The number of piperidine rings is 1. The van der Waals surface area contributed by atoms with Gasteiger partial charge in [-0.2, -0.15) is 0 Å². The minimum Gasteiger partial charge on any atom is -0.458 e. The molecule has 0 spiro atoms. The zero-order chi connectivity index (χ0) is 14.2. The van der Waals surface area contributed by atoms with Gasteiger partial charge < -0.3 is 25.2 Å². The third kappa shape index (κ3) is 2.36. The van der Waals surface area contributed by atoms with Crippen LogP contribution in [-0.4, -0.2) is 74.5 Å². The quantitative estimate of drug-likeness (QED) is 0.449. The number of carbonyl (C=O) groups is 1. The first-order valence-corrected chi connectivity index (χ1v) is 6.62. The molecule has 2 aliphatic heterocycles. The van der Waals surface area contributed by atoms with Crippen molar-refractivity contribution in [2.75, 3.05) is 13.1 Å². The average Bonchev–Trinajstić information content (AvgIpc) is 2.65.